The molecule has 2 unspecified atom stereocenters. The molecule has 2 rings (SSSR count). The summed E-state index contributed by atoms with van der Waals surface area (Å²) in [6.07, 6.45) is 0.846. The number of carbonyl (C=O) groups is 2. The fourth-order valence-electron chi connectivity index (χ4n) is 2.82. The molecule has 1 aliphatic rings. The molecule has 4 N–H and O–H groups in total. The lowest BCUT2D eigenvalue weighted by Crippen LogP contribution is -2.47. The van der Waals surface area contributed by atoms with Gasteiger partial charge in [-0.2, -0.15) is 0 Å². The number of carbonyl (C=O) groups excluding carboxylic acids is 2. The summed E-state index contributed by atoms with van der Waals surface area (Å²) in [5.74, 6) is 0.352. The van der Waals surface area contributed by atoms with Crippen LogP contribution >= 0.6 is 12.4 Å². The minimum Gasteiger partial charge on any atom is -0.496 e. The molecule has 1 fully saturated rings. The van der Waals surface area contributed by atoms with E-state index in [1.54, 1.807) is 7.11 Å². The Morgan fingerprint density at radius 1 is 1.36 bits per heavy atom. The third-order valence-corrected chi connectivity index (χ3v) is 4.74. The van der Waals surface area contributed by atoms with Gasteiger partial charge in [-0.1, -0.05) is 39.0 Å². The lowest BCUT2D eigenvalue weighted by molar-refractivity contribution is -0.127. The van der Waals surface area contributed by atoms with Crippen LogP contribution in [-0.4, -0.2) is 37.6 Å². The predicted octanol–water partition coefficient (Wildman–Crippen LogP) is 1.36. The molecule has 2 amide bonds. The summed E-state index contributed by atoms with van der Waals surface area (Å²) >= 11 is 0. The highest BCUT2D eigenvalue weighted by atomic mass is 35.5. The second-order valence-corrected chi connectivity index (χ2v) is 6.93. The summed E-state index contributed by atoms with van der Waals surface area (Å²) in [6.45, 7) is 5.78. The third kappa shape index (κ3) is 4.86. The summed E-state index contributed by atoms with van der Waals surface area (Å²) in [5.41, 5.74) is 6.70. The van der Waals surface area contributed by atoms with Gasteiger partial charge in [0.05, 0.1) is 19.7 Å². The number of rotatable bonds is 7. The first-order chi connectivity index (χ1) is 11.3. The molecule has 0 radical (unpaired) electrons. The number of nitrogens with one attached hydrogen (secondary N) is 2. The van der Waals surface area contributed by atoms with Gasteiger partial charge in [0.1, 0.15) is 5.75 Å². The van der Waals surface area contributed by atoms with Crippen LogP contribution in [0, 0.1) is 5.92 Å². The average Bonchev–Trinajstić information content (AvgIpc) is 3.22. The molecule has 0 aliphatic heterocycles. The van der Waals surface area contributed by atoms with E-state index < -0.39 is 6.04 Å². The zero-order valence-corrected chi connectivity index (χ0v) is 16.0. The van der Waals surface area contributed by atoms with Gasteiger partial charge in [0.25, 0.3) is 0 Å². The number of methoxy groups -OCH3 is 1. The van der Waals surface area contributed by atoms with Gasteiger partial charge in [0.15, 0.2) is 0 Å². The van der Waals surface area contributed by atoms with Gasteiger partial charge < -0.3 is 21.1 Å². The Labute approximate surface area is 155 Å². The first-order valence-electron chi connectivity index (χ1n) is 8.25. The van der Waals surface area contributed by atoms with E-state index in [1.807, 2.05) is 38.1 Å². The Morgan fingerprint density at radius 3 is 2.60 bits per heavy atom. The van der Waals surface area contributed by atoms with Crippen molar-refractivity contribution >= 4 is 24.2 Å². The van der Waals surface area contributed by atoms with Crippen LogP contribution in [0.1, 0.15) is 32.8 Å². The van der Waals surface area contributed by atoms with Crippen molar-refractivity contribution in [3.8, 4) is 5.75 Å². The van der Waals surface area contributed by atoms with E-state index in [2.05, 4.69) is 17.6 Å². The van der Waals surface area contributed by atoms with Gasteiger partial charge in [0.2, 0.25) is 11.8 Å². The molecule has 25 heavy (non-hydrogen) atoms. The number of hydrogen-bond donors (Lipinski definition) is 3. The highest BCUT2D eigenvalue weighted by Gasteiger charge is 2.53. The molecule has 6 nitrogen and oxygen atoms in total. The minimum absolute atomic E-state index is 0. The molecule has 1 aromatic rings. The topological polar surface area (TPSA) is 93.5 Å². The number of amides is 2. The second kappa shape index (κ2) is 8.54. The highest BCUT2D eigenvalue weighted by molar-refractivity contribution is 5.87. The Kier molecular flexibility index (Phi) is 7.26. The van der Waals surface area contributed by atoms with Crippen molar-refractivity contribution in [1.29, 1.82) is 0 Å². The molecule has 1 saturated carbocycles. The van der Waals surface area contributed by atoms with Crippen LogP contribution < -0.4 is 21.1 Å². The van der Waals surface area contributed by atoms with Crippen molar-refractivity contribution in [2.75, 3.05) is 13.7 Å². The van der Waals surface area contributed by atoms with Crippen molar-refractivity contribution in [2.24, 2.45) is 11.7 Å². The maximum Gasteiger partial charge on any atom is 0.239 e. The largest absolute Gasteiger partial charge is 0.496 e. The van der Waals surface area contributed by atoms with E-state index in [9.17, 15) is 9.59 Å². The molecule has 140 valence electrons. The molecule has 0 spiro atoms. The zero-order chi connectivity index (χ0) is 17.9. The quantitative estimate of drug-likeness (QED) is 0.676. The fourth-order valence-corrected chi connectivity index (χ4v) is 2.82. The van der Waals surface area contributed by atoms with Crippen LogP contribution in [0.5, 0.6) is 5.75 Å². The lowest BCUT2D eigenvalue weighted by atomic mass is 9.96. The smallest absolute Gasteiger partial charge is 0.239 e. The number of nitrogens with two attached hydrogens (primary N) is 1. The molecule has 7 heteroatoms. The SMILES string of the molecule is COc1ccccc1C1(C)CC1NC(=O)CNC(=O)[C@@H](N)C(C)C.Cl. The van der Waals surface area contributed by atoms with Crippen molar-refractivity contribution in [3.63, 3.8) is 0 Å². The van der Waals surface area contributed by atoms with Gasteiger partial charge in [-0.25, -0.2) is 0 Å². The van der Waals surface area contributed by atoms with E-state index in [0.717, 1.165) is 17.7 Å². The van der Waals surface area contributed by atoms with E-state index >= 15 is 0 Å². The van der Waals surface area contributed by atoms with Crippen LogP contribution in [0.3, 0.4) is 0 Å². The van der Waals surface area contributed by atoms with Crippen molar-refractivity contribution in [2.45, 2.75) is 44.7 Å². The van der Waals surface area contributed by atoms with Gasteiger partial charge >= 0.3 is 0 Å². The number of para-hydroxylation sites is 1. The molecule has 1 aromatic carbocycles. The number of benzene rings is 1. The normalized spacial score (nSPS) is 22.6. The van der Waals surface area contributed by atoms with E-state index in [4.69, 9.17) is 10.5 Å². The highest BCUT2D eigenvalue weighted by Crippen LogP contribution is 2.50. The Hall–Kier alpha value is -1.79. The molecule has 3 atom stereocenters. The van der Waals surface area contributed by atoms with Gasteiger partial charge in [0, 0.05) is 17.0 Å². The fraction of sp³-hybridized carbons (Fsp3) is 0.556. The molecular formula is C18H28ClN3O3. The van der Waals surface area contributed by atoms with Crippen LogP contribution in [0.4, 0.5) is 0 Å². The third-order valence-electron chi connectivity index (χ3n) is 4.74. The Morgan fingerprint density at radius 2 is 2.00 bits per heavy atom. The Bertz CT molecular complexity index is 623. The average molecular weight is 370 g/mol. The van der Waals surface area contributed by atoms with Crippen LogP contribution in [0.2, 0.25) is 0 Å². The summed E-state index contributed by atoms with van der Waals surface area (Å²) in [6, 6.07) is 7.28. The van der Waals surface area contributed by atoms with Gasteiger partial charge in [-0.15, -0.1) is 12.4 Å². The molecule has 0 heterocycles. The van der Waals surface area contributed by atoms with Crippen LogP contribution in [0.25, 0.3) is 0 Å². The van der Waals surface area contributed by atoms with Gasteiger partial charge in [-0.05, 0) is 18.4 Å². The van der Waals surface area contributed by atoms with Crippen LogP contribution in [-0.2, 0) is 15.0 Å². The van der Waals surface area contributed by atoms with Crippen molar-refractivity contribution < 1.29 is 14.3 Å². The van der Waals surface area contributed by atoms with Crippen molar-refractivity contribution in [3.05, 3.63) is 29.8 Å². The van der Waals surface area contributed by atoms with E-state index in [-0.39, 0.29) is 48.1 Å². The summed E-state index contributed by atoms with van der Waals surface area (Å²) < 4.78 is 5.41. The van der Waals surface area contributed by atoms with Gasteiger partial charge in [-0.3, -0.25) is 9.59 Å². The summed E-state index contributed by atoms with van der Waals surface area (Å²) in [4.78, 5) is 23.9. The standard InChI is InChI=1S/C18H27N3O3.ClH/c1-11(2)16(19)17(23)20-10-15(22)21-14-9-18(14,3)12-7-5-6-8-13(12)24-4;/h5-8,11,14,16H,9-10,19H2,1-4H3,(H,20,23)(H,21,22);1H/t14?,16-,18?;/m0./s1. The second-order valence-electron chi connectivity index (χ2n) is 6.93. The number of ether oxygens (including phenoxy) is 1. The maximum atomic E-state index is 12.1. The molecule has 0 bridgehead atoms. The molecule has 1 aliphatic carbocycles. The number of halogens is 1. The van der Waals surface area contributed by atoms with Crippen LogP contribution in [0.15, 0.2) is 24.3 Å². The van der Waals surface area contributed by atoms with E-state index in [1.165, 1.54) is 0 Å². The maximum absolute atomic E-state index is 12.1. The molecule has 0 saturated heterocycles. The monoisotopic (exact) mass is 369 g/mol. The molecule has 0 aromatic heterocycles. The van der Waals surface area contributed by atoms with E-state index in [0.29, 0.717) is 0 Å². The summed E-state index contributed by atoms with van der Waals surface area (Å²) in [7, 11) is 1.64. The minimum atomic E-state index is -0.599. The lowest BCUT2D eigenvalue weighted by Gasteiger charge is -2.17. The van der Waals surface area contributed by atoms with Crippen molar-refractivity contribution in [1.82, 2.24) is 10.6 Å². The first kappa shape index (κ1) is 21.3. The number of hydrogen-bond acceptors (Lipinski definition) is 4. The molecular weight excluding hydrogens is 342 g/mol. The summed E-state index contributed by atoms with van der Waals surface area (Å²) in [5, 5.41) is 5.55. The predicted molar refractivity (Wildman–Crippen MR) is 100.0 cm³/mol. The zero-order valence-electron chi connectivity index (χ0n) is 15.2. The Balaban J connectivity index is 0.00000312. The first-order valence-corrected chi connectivity index (χ1v) is 8.25.